The molecule has 1 aliphatic heterocycles. The number of halogens is 4. The lowest BCUT2D eigenvalue weighted by Crippen LogP contribution is -2.11. The van der Waals surface area contributed by atoms with Gasteiger partial charge in [-0.1, -0.05) is 11.6 Å². The van der Waals surface area contributed by atoms with E-state index in [2.05, 4.69) is 38.8 Å². The van der Waals surface area contributed by atoms with Crippen LogP contribution in [-0.2, 0) is 0 Å². The van der Waals surface area contributed by atoms with E-state index in [4.69, 9.17) is 11.6 Å². The molecular formula is C13H6ClF2IN3O. The molecule has 0 unspecified atom stereocenters. The molecule has 2 aromatic carbocycles. The number of rotatable bonds is 2. The van der Waals surface area contributed by atoms with Crippen LogP contribution >= 0.6 is 34.2 Å². The summed E-state index contributed by atoms with van der Waals surface area (Å²) in [6.07, 6.45) is 0. The summed E-state index contributed by atoms with van der Waals surface area (Å²) < 4.78 is 28.5. The van der Waals surface area contributed by atoms with E-state index in [9.17, 15) is 13.6 Å². The molecule has 3 rings (SSSR count). The molecule has 2 aromatic rings. The lowest BCUT2D eigenvalue weighted by molar-refractivity contribution is 0.0969. The van der Waals surface area contributed by atoms with E-state index in [0.717, 1.165) is 9.64 Å². The van der Waals surface area contributed by atoms with Crippen LogP contribution in [0, 0.1) is 15.2 Å². The Labute approximate surface area is 137 Å². The minimum Gasteiger partial charge on any atom is -0.351 e. The van der Waals surface area contributed by atoms with Gasteiger partial charge in [-0.05, 0) is 40.8 Å². The monoisotopic (exact) mass is 420 g/mol. The summed E-state index contributed by atoms with van der Waals surface area (Å²) in [6, 6.07) is 5.91. The van der Waals surface area contributed by atoms with E-state index >= 15 is 0 Å². The first kappa shape index (κ1) is 14.3. The minimum absolute atomic E-state index is 0.0523. The molecule has 0 atom stereocenters. The Hall–Kier alpha value is -1.61. The van der Waals surface area contributed by atoms with Gasteiger partial charge in [-0.2, -0.15) is 0 Å². The number of amides is 1. The molecule has 1 heterocycles. The molecule has 0 spiro atoms. The molecule has 0 saturated carbocycles. The average Bonchev–Trinajstić information content (AvgIpc) is 2.78. The zero-order valence-electron chi connectivity index (χ0n) is 10.2. The first-order chi connectivity index (χ1) is 9.97. The Morgan fingerprint density at radius 1 is 1.29 bits per heavy atom. The van der Waals surface area contributed by atoms with Crippen LogP contribution in [0.2, 0.25) is 5.02 Å². The maximum Gasteiger partial charge on any atom is 0.297 e. The highest BCUT2D eigenvalue weighted by Crippen LogP contribution is 2.36. The van der Waals surface area contributed by atoms with Gasteiger partial charge >= 0.3 is 0 Å². The van der Waals surface area contributed by atoms with E-state index in [0.29, 0.717) is 10.7 Å². The molecule has 8 heteroatoms. The quantitative estimate of drug-likeness (QED) is 0.721. The fourth-order valence-corrected chi connectivity index (χ4v) is 2.85. The van der Waals surface area contributed by atoms with Crippen LogP contribution in [0.4, 0.5) is 25.8 Å². The number of hydrogen-bond donors (Lipinski definition) is 2. The van der Waals surface area contributed by atoms with Crippen molar-refractivity contribution in [2.45, 2.75) is 0 Å². The number of anilines is 3. The van der Waals surface area contributed by atoms with Crippen molar-refractivity contribution >= 4 is 57.2 Å². The summed E-state index contributed by atoms with van der Waals surface area (Å²) in [5.74, 6) is -2.92. The van der Waals surface area contributed by atoms with Crippen molar-refractivity contribution in [1.29, 1.82) is 0 Å². The summed E-state index contributed by atoms with van der Waals surface area (Å²) >= 11 is 8.12. The van der Waals surface area contributed by atoms with Crippen molar-refractivity contribution < 1.29 is 13.6 Å². The number of benzene rings is 2. The Balaban J connectivity index is 2.12. The fourth-order valence-electron chi connectivity index (χ4n) is 1.95. The van der Waals surface area contributed by atoms with Crippen LogP contribution in [0.25, 0.3) is 0 Å². The summed E-state index contributed by atoms with van der Waals surface area (Å²) in [5, 5.41) is 3.00. The van der Waals surface area contributed by atoms with Gasteiger partial charge in [0, 0.05) is 9.64 Å². The average molecular weight is 421 g/mol. The van der Waals surface area contributed by atoms with Gasteiger partial charge in [0.2, 0.25) is 0 Å². The second kappa shape index (κ2) is 5.30. The molecule has 1 amide bonds. The molecule has 0 aromatic heterocycles. The van der Waals surface area contributed by atoms with E-state index in [1.54, 1.807) is 18.2 Å². The van der Waals surface area contributed by atoms with Crippen LogP contribution in [-0.4, -0.2) is 5.91 Å². The largest absolute Gasteiger partial charge is 0.351 e. The van der Waals surface area contributed by atoms with Gasteiger partial charge in [-0.3, -0.25) is 10.2 Å². The molecule has 21 heavy (non-hydrogen) atoms. The van der Waals surface area contributed by atoms with Crippen molar-refractivity contribution in [3.63, 3.8) is 0 Å². The molecule has 0 saturated heterocycles. The summed E-state index contributed by atoms with van der Waals surface area (Å²) in [5.41, 5.74) is 5.93. The van der Waals surface area contributed by atoms with Crippen molar-refractivity contribution in [2.24, 2.45) is 0 Å². The van der Waals surface area contributed by atoms with Crippen molar-refractivity contribution in [3.8, 4) is 0 Å². The third-order valence-electron chi connectivity index (χ3n) is 2.90. The number of nitrogens with one attached hydrogen (secondary N) is 2. The number of carbonyl (C=O) groups excluding carboxylic acids is 1. The van der Waals surface area contributed by atoms with Crippen molar-refractivity contribution in [1.82, 2.24) is 5.43 Å². The number of carbonyl (C=O) groups is 1. The molecular weight excluding hydrogens is 415 g/mol. The molecule has 0 aliphatic carbocycles. The Morgan fingerprint density at radius 2 is 2.05 bits per heavy atom. The molecule has 1 radical (unpaired) electrons. The van der Waals surface area contributed by atoms with Gasteiger partial charge in [0.1, 0.15) is 0 Å². The van der Waals surface area contributed by atoms with Crippen LogP contribution in [0.5, 0.6) is 0 Å². The number of fused-ring (bicyclic) bond motifs is 1. The predicted molar refractivity (Wildman–Crippen MR) is 83.9 cm³/mol. The van der Waals surface area contributed by atoms with E-state index < -0.39 is 17.5 Å². The highest BCUT2D eigenvalue weighted by molar-refractivity contribution is 14.1. The lowest BCUT2D eigenvalue weighted by Gasteiger charge is -2.12. The standard InChI is InChI=1S/C13H6ClF2IN3O/c14-6-3-5(17)1-2-8(6)18-12-10-9(19-20-13(10)21)4-7(15)11(12)16/h1-4,18-19H. The number of nitrogens with zero attached hydrogens (tertiary/aromatic N) is 1. The van der Waals surface area contributed by atoms with Gasteiger partial charge in [-0.25, -0.2) is 8.78 Å². The summed E-state index contributed by atoms with van der Waals surface area (Å²) in [7, 11) is 0. The maximum atomic E-state index is 14.0. The minimum atomic E-state index is -1.16. The Morgan fingerprint density at radius 3 is 2.76 bits per heavy atom. The first-order valence-corrected chi connectivity index (χ1v) is 7.18. The van der Waals surface area contributed by atoms with Crippen LogP contribution < -0.4 is 16.2 Å². The molecule has 0 bridgehead atoms. The third-order valence-corrected chi connectivity index (χ3v) is 3.89. The third kappa shape index (κ3) is 2.51. The van der Waals surface area contributed by atoms with E-state index in [1.807, 2.05) is 0 Å². The van der Waals surface area contributed by atoms with Crippen LogP contribution in [0.3, 0.4) is 0 Å². The topological polar surface area (TPSA) is 55.2 Å². The predicted octanol–water partition coefficient (Wildman–Crippen LogP) is 4.05. The lowest BCUT2D eigenvalue weighted by atomic mass is 10.1. The van der Waals surface area contributed by atoms with Gasteiger partial charge in [-0.15, -0.1) is 5.43 Å². The van der Waals surface area contributed by atoms with Crippen molar-refractivity contribution in [2.75, 3.05) is 10.7 Å². The highest BCUT2D eigenvalue weighted by atomic mass is 127. The van der Waals surface area contributed by atoms with Crippen molar-refractivity contribution in [3.05, 3.63) is 50.1 Å². The normalized spacial score (nSPS) is 12.7. The zero-order chi connectivity index (χ0) is 15.1. The Kier molecular flexibility index (Phi) is 3.62. The zero-order valence-corrected chi connectivity index (χ0v) is 13.1. The van der Waals surface area contributed by atoms with E-state index in [1.165, 1.54) is 0 Å². The molecule has 0 fully saturated rings. The molecule has 2 N–H and O–H groups in total. The van der Waals surface area contributed by atoms with Crippen LogP contribution in [0.15, 0.2) is 24.3 Å². The van der Waals surface area contributed by atoms with E-state index in [-0.39, 0.29) is 16.9 Å². The summed E-state index contributed by atoms with van der Waals surface area (Å²) in [4.78, 5) is 11.7. The second-order valence-corrected chi connectivity index (χ2v) is 5.90. The fraction of sp³-hybridized carbons (Fsp3) is 0. The number of hydrogen-bond acceptors (Lipinski definition) is 3. The van der Waals surface area contributed by atoms with Gasteiger partial charge in [0.05, 0.1) is 27.6 Å². The molecule has 4 nitrogen and oxygen atoms in total. The maximum absolute atomic E-state index is 14.0. The SMILES string of the molecule is O=C1[N]Nc2cc(F)c(F)c(Nc3ccc(I)cc3Cl)c21. The highest BCUT2D eigenvalue weighted by Gasteiger charge is 2.29. The molecule has 1 aliphatic rings. The van der Waals surface area contributed by atoms with Gasteiger partial charge in [0.25, 0.3) is 5.91 Å². The van der Waals surface area contributed by atoms with Gasteiger partial charge < -0.3 is 5.32 Å². The Bertz CT molecular complexity index is 770. The smallest absolute Gasteiger partial charge is 0.297 e. The second-order valence-electron chi connectivity index (χ2n) is 4.25. The van der Waals surface area contributed by atoms with Gasteiger partial charge in [0.15, 0.2) is 11.6 Å². The summed E-state index contributed by atoms with van der Waals surface area (Å²) in [6.45, 7) is 0. The van der Waals surface area contributed by atoms with Crippen LogP contribution in [0.1, 0.15) is 10.4 Å². The molecule has 107 valence electrons. The first-order valence-electron chi connectivity index (χ1n) is 5.72.